The summed E-state index contributed by atoms with van der Waals surface area (Å²) < 4.78 is 9.98. The lowest BCUT2D eigenvalue weighted by Crippen LogP contribution is -2.08. The lowest BCUT2D eigenvalue weighted by atomic mass is 10.1. The molecule has 0 aliphatic heterocycles. The maximum atomic E-state index is 11.6. The first-order valence-corrected chi connectivity index (χ1v) is 9.61. The van der Waals surface area contributed by atoms with Crippen LogP contribution in [0, 0.1) is 0 Å². The van der Waals surface area contributed by atoms with Crippen LogP contribution in [0.2, 0.25) is 0 Å². The molecule has 26 heavy (non-hydrogen) atoms. The van der Waals surface area contributed by atoms with Gasteiger partial charge in [-0.15, -0.1) is 0 Å². The van der Waals surface area contributed by atoms with E-state index in [0.717, 1.165) is 25.7 Å². The molecule has 0 atom stereocenters. The van der Waals surface area contributed by atoms with Gasteiger partial charge in [0.2, 0.25) is 0 Å². The number of carbonyl (C=O) groups is 2. The third-order valence-electron chi connectivity index (χ3n) is 3.87. The lowest BCUT2D eigenvalue weighted by molar-refractivity contribution is -0.144. The number of ether oxygens (including phenoxy) is 2. The van der Waals surface area contributed by atoms with Crippen molar-refractivity contribution in [3.05, 3.63) is 34.9 Å². The Labute approximate surface area is 159 Å². The van der Waals surface area contributed by atoms with Crippen molar-refractivity contribution in [2.24, 2.45) is 0 Å². The molecule has 0 heterocycles. The average molecular weight is 365 g/mol. The van der Waals surface area contributed by atoms with Crippen molar-refractivity contribution in [2.45, 2.75) is 79.6 Å². The molecule has 0 rings (SSSR count). The number of hydrogen-bond donors (Lipinski definition) is 0. The van der Waals surface area contributed by atoms with Crippen LogP contribution < -0.4 is 0 Å². The maximum absolute atomic E-state index is 11.6. The molecule has 0 saturated heterocycles. The number of esters is 2. The second-order valence-electron chi connectivity index (χ2n) is 6.80. The Balaban J connectivity index is 3.88. The Kier molecular flexibility index (Phi) is 14.3. The predicted molar refractivity (Wildman–Crippen MR) is 107 cm³/mol. The molecule has 0 aromatic heterocycles. The van der Waals surface area contributed by atoms with Gasteiger partial charge in [0.05, 0.1) is 6.61 Å². The Morgan fingerprint density at radius 3 is 1.85 bits per heavy atom. The molecule has 0 radical (unpaired) electrons. The summed E-state index contributed by atoms with van der Waals surface area (Å²) >= 11 is 0. The molecular formula is C22H36O4. The van der Waals surface area contributed by atoms with E-state index < -0.39 is 0 Å². The zero-order chi connectivity index (χ0) is 19.8. The van der Waals surface area contributed by atoms with Crippen molar-refractivity contribution in [3.63, 3.8) is 0 Å². The Hall–Kier alpha value is -1.84. The summed E-state index contributed by atoms with van der Waals surface area (Å²) in [5.41, 5.74) is 4.01. The second kappa shape index (κ2) is 15.4. The smallest absolute Gasteiger partial charge is 0.306 e. The van der Waals surface area contributed by atoms with Gasteiger partial charge in [-0.3, -0.25) is 9.59 Å². The van der Waals surface area contributed by atoms with Crippen molar-refractivity contribution in [3.8, 4) is 0 Å². The van der Waals surface area contributed by atoms with E-state index in [1.165, 1.54) is 16.7 Å². The summed E-state index contributed by atoms with van der Waals surface area (Å²) in [5.74, 6) is -0.534. The van der Waals surface area contributed by atoms with E-state index in [0.29, 0.717) is 19.6 Å². The van der Waals surface area contributed by atoms with E-state index in [4.69, 9.17) is 9.47 Å². The molecular weight excluding hydrogens is 328 g/mol. The van der Waals surface area contributed by atoms with Gasteiger partial charge in [0.25, 0.3) is 0 Å². The summed E-state index contributed by atoms with van der Waals surface area (Å²) in [6.45, 7) is 10.9. The molecule has 0 aromatic rings. The van der Waals surface area contributed by atoms with Crippen molar-refractivity contribution in [2.75, 3.05) is 13.2 Å². The first-order valence-electron chi connectivity index (χ1n) is 9.61. The summed E-state index contributed by atoms with van der Waals surface area (Å²) in [7, 11) is 0. The third-order valence-corrected chi connectivity index (χ3v) is 3.87. The van der Waals surface area contributed by atoms with Crippen LogP contribution in [0.4, 0.5) is 0 Å². The minimum atomic E-state index is -0.270. The van der Waals surface area contributed by atoms with E-state index in [2.05, 4.69) is 39.8 Å². The van der Waals surface area contributed by atoms with E-state index >= 15 is 0 Å². The highest BCUT2D eigenvalue weighted by atomic mass is 16.5. The van der Waals surface area contributed by atoms with Gasteiger partial charge in [-0.2, -0.15) is 0 Å². The number of allylic oxidation sites excluding steroid dienone is 5. The summed E-state index contributed by atoms with van der Waals surface area (Å²) in [5, 5.41) is 0. The minimum absolute atomic E-state index is 0.249. The zero-order valence-corrected chi connectivity index (χ0v) is 17.2. The van der Waals surface area contributed by atoms with Gasteiger partial charge in [0, 0.05) is 12.8 Å². The summed E-state index contributed by atoms with van der Waals surface area (Å²) in [4.78, 5) is 22.8. The van der Waals surface area contributed by atoms with Crippen molar-refractivity contribution >= 4 is 11.9 Å². The molecule has 0 amide bonds. The Morgan fingerprint density at radius 1 is 0.731 bits per heavy atom. The molecule has 0 aromatic carbocycles. The normalized spacial score (nSPS) is 11.9. The van der Waals surface area contributed by atoms with Crippen molar-refractivity contribution in [1.29, 1.82) is 0 Å². The molecule has 4 heteroatoms. The first-order chi connectivity index (χ1) is 12.3. The van der Waals surface area contributed by atoms with Gasteiger partial charge >= 0.3 is 11.9 Å². The molecule has 148 valence electrons. The van der Waals surface area contributed by atoms with Gasteiger partial charge in [0.15, 0.2) is 0 Å². The van der Waals surface area contributed by atoms with Crippen LogP contribution >= 0.6 is 0 Å². The highest BCUT2D eigenvalue weighted by molar-refractivity contribution is 5.72. The average Bonchev–Trinajstić information content (AvgIpc) is 2.54. The summed E-state index contributed by atoms with van der Waals surface area (Å²) in [6.07, 6.45) is 11.7. The molecule has 0 N–H and O–H groups in total. The molecule has 0 aliphatic rings. The van der Waals surface area contributed by atoms with Crippen LogP contribution in [0.1, 0.15) is 79.6 Å². The lowest BCUT2D eigenvalue weighted by Gasteiger charge is -2.04. The molecule has 0 saturated carbocycles. The first kappa shape index (κ1) is 24.2. The van der Waals surface area contributed by atoms with Crippen LogP contribution in [0.5, 0.6) is 0 Å². The van der Waals surface area contributed by atoms with E-state index in [1.807, 2.05) is 6.08 Å². The third kappa shape index (κ3) is 15.7. The highest BCUT2D eigenvalue weighted by Crippen LogP contribution is 2.11. The fourth-order valence-corrected chi connectivity index (χ4v) is 2.30. The van der Waals surface area contributed by atoms with Gasteiger partial charge < -0.3 is 9.47 Å². The largest absolute Gasteiger partial charge is 0.466 e. The topological polar surface area (TPSA) is 52.6 Å². The fourth-order valence-electron chi connectivity index (χ4n) is 2.30. The maximum Gasteiger partial charge on any atom is 0.306 e. The van der Waals surface area contributed by atoms with Crippen molar-refractivity contribution < 1.29 is 19.1 Å². The zero-order valence-electron chi connectivity index (χ0n) is 17.2. The molecule has 0 fully saturated rings. The van der Waals surface area contributed by atoms with Gasteiger partial charge in [-0.1, -0.05) is 28.9 Å². The highest BCUT2D eigenvalue weighted by Gasteiger charge is 2.06. The number of carbonyl (C=O) groups excluding carboxylic acids is 2. The number of hydrogen-bond acceptors (Lipinski definition) is 4. The van der Waals surface area contributed by atoms with Crippen LogP contribution in [-0.2, 0) is 19.1 Å². The predicted octanol–water partition coefficient (Wildman–Crippen LogP) is 5.68. The van der Waals surface area contributed by atoms with Gasteiger partial charge in [-0.05, 0) is 72.8 Å². The molecule has 0 spiro atoms. The SMILES string of the molecule is CCOC(=O)CCCC(=O)OC/C=C(\C)CC/C=C(\C)CCC=C(C)C. The summed E-state index contributed by atoms with van der Waals surface area (Å²) in [6, 6.07) is 0. The van der Waals surface area contributed by atoms with Crippen LogP contribution in [0.3, 0.4) is 0 Å². The quantitative estimate of drug-likeness (QED) is 0.311. The standard InChI is InChI=1S/C22H36O4/c1-6-25-21(23)14-9-15-22(24)26-17-16-20(5)13-8-12-19(4)11-7-10-18(2)3/h10,12,16H,6-9,11,13-15,17H2,1-5H3/b19-12+,20-16+. The van der Waals surface area contributed by atoms with Gasteiger partial charge in [-0.25, -0.2) is 0 Å². The van der Waals surface area contributed by atoms with Crippen LogP contribution in [0.25, 0.3) is 0 Å². The van der Waals surface area contributed by atoms with Gasteiger partial charge in [0.1, 0.15) is 6.61 Å². The second-order valence-corrected chi connectivity index (χ2v) is 6.80. The van der Waals surface area contributed by atoms with E-state index in [9.17, 15) is 9.59 Å². The van der Waals surface area contributed by atoms with Crippen LogP contribution in [0.15, 0.2) is 34.9 Å². The van der Waals surface area contributed by atoms with E-state index in [1.54, 1.807) is 6.92 Å². The monoisotopic (exact) mass is 364 g/mol. The molecule has 0 unspecified atom stereocenters. The van der Waals surface area contributed by atoms with Crippen molar-refractivity contribution in [1.82, 2.24) is 0 Å². The Bertz CT molecular complexity index is 508. The van der Waals surface area contributed by atoms with E-state index in [-0.39, 0.29) is 24.8 Å². The molecule has 4 nitrogen and oxygen atoms in total. The minimum Gasteiger partial charge on any atom is -0.466 e. The molecule has 0 bridgehead atoms. The van der Waals surface area contributed by atoms with Crippen LogP contribution in [-0.4, -0.2) is 25.2 Å². The Morgan fingerprint density at radius 2 is 1.27 bits per heavy atom. The number of rotatable bonds is 13. The molecule has 0 aliphatic carbocycles. The fraction of sp³-hybridized carbons (Fsp3) is 0.636.